The van der Waals surface area contributed by atoms with E-state index in [4.69, 9.17) is 11.5 Å². The minimum atomic E-state index is -0.460. The fourth-order valence-corrected chi connectivity index (χ4v) is 1.68. The number of carbonyl (C=O) groups excluding carboxylic acids is 1. The molecule has 4 N–H and O–H groups in total. The molecule has 0 aliphatic heterocycles. The van der Waals surface area contributed by atoms with Crippen LogP contribution >= 0.6 is 0 Å². The van der Waals surface area contributed by atoms with Crippen LogP contribution in [-0.4, -0.2) is 30.5 Å². The molecular weight excluding hydrogens is 228 g/mol. The summed E-state index contributed by atoms with van der Waals surface area (Å²) in [5.74, 6) is 0.594. The zero-order chi connectivity index (χ0) is 13.7. The average Bonchev–Trinajstić information content (AvgIpc) is 2.35. The lowest BCUT2D eigenvalue weighted by atomic mass is 10.0. The van der Waals surface area contributed by atoms with Gasteiger partial charge in [0.1, 0.15) is 5.82 Å². The molecule has 0 fully saturated rings. The molecule has 5 nitrogen and oxygen atoms in total. The number of hydrogen-bond acceptors (Lipinski definition) is 4. The van der Waals surface area contributed by atoms with Crippen LogP contribution in [0.3, 0.4) is 0 Å². The van der Waals surface area contributed by atoms with Crippen LogP contribution in [0.2, 0.25) is 0 Å². The van der Waals surface area contributed by atoms with E-state index in [9.17, 15) is 4.79 Å². The van der Waals surface area contributed by atoms with Gasteiger partial charge in [-0.05, 0) is 24.5 Å². The van der Waals surface area contributed by atoms with Crippen LogP contribution in [0.4, 0.5) is 5.82 Å². The number of aromatic nitrogens is 1. The normalized spacial score (nSPS) is 12.5. The maximum Gasteiger partial charge on any atom is 0.252 e. The molecule has 5 heteroatoms. The summed E-state index contributed by atoms with van der Waals surface area (Å²) in [5.41, 5.74) is 11.8. The highest BCUT2D eigenvalue weighted by molar-refractivity contribution is 5.97. The lowest BCUT2D eigenvalue weighted by Crippen LogP contribution is -2.33. The third-order valence-electron chi connectivity index (χ3n) is 3.07. The van der Waals surface area contributed by atoms with Gasteiger partial charge in [-0.25, -0.2) is 4.98 Å². The molecule has 0 spiro atoms. The van der Waals surface area contributed by atoms with Gasteiger partial charge in [-0.15, -0.1) is 0 Å². The summed E-state index contributed by atoms with van der Waals surface area (Å²) in [4.78, 5) is 17.4. The molecule has 1 atom stereocenters. The van der Waals surface area contributed by atoms with E-state index in [1.165, 1.54) is 0 Å². The van der Waals surface area contributed by atoms with E-state index in [1.54, 1.807) is 18.3 Å². The molecule has 0 saturated heterocycles. The number of nitrogens with two attached hydrogens (primary N) is 2. The summed E-state index contributed by atoms with van der Waals surface area (Å²) >= 11 is 0. The van der Waals surface area contributed by atoms with Crippen molar-refractivity contribution in [2.45, 2.75) is 26.3 Å². The second-order valence-corrected chi connectivity index (χ2v) is 4.86. The third kappa shape index (κ3) is 3.70. The van der Waals surface area contributed by atoms with Gasteiger partial charge in [-0.1, -0.05) is 13.8 Å². The summed E-state index contributed by atoms with van der Waals surface area (Å²) < 4.78 is 0. The van der Waals surface area contributed by atoms with Crippen LogP contribution in [0.25, 0.3) is 0 Å². The van der Waals surface area contributed by atoms with E-state index in [0.717, 1.165) is 13.0 Å². The monoisotopic (exact) mass is 250 g/mol. The molecule has 1 amide bonds. The summed E-state index contributed by atoms with van der Waals surface area (Å²) in [6.45, 7) is 4.94. The number of hydrogen-bond donors (Lipinski definition) is 2. The van der Waals surface area contributed by atoms with Crippen molar-refractivity contribution in [1.82, 2.24) is 4.98 Å². The zero-order valence-corrected chi connectivity index (χ0v) is 11.3. The highest BCUT2D eigenvalue weighted by Crippen LogP contribution is 2.16. The molecule has 0 aliphatic carbocycles. The first-order valence-electron chi connectivity index (χ1n) is 6.15. The number of carbonyl (C=O) groups is 1. The molecule has 0 saturated carbocycles. The minimum absolute atomic E-state index is 0.146. The van der Waals surface area contributed by atoms with E-state index in [0.29, 0.717) is 17.3 Å². The average molecular weight is 250 g/mol. The van der Waals surface area contributed by atoms with E-state index in [-0.39, 0.29) is 6.04 Å². The summed E-state index contributed by atoms with van der Waals surface area (Å²) in [5, 5.41) is 0. The zero-order valence-electron chi connectivity index (χ0n) is 11.3. The summed E-state index contributed by atoms with van der Waals surface area (Å²) in [6, 6.07) is 3.54. The van der Waals surface area contributed by atoms with Gasteiger partial charge in [0, 0.05) is 25.8 Å². The predicted molar refractivity (Wildman–Crippen MR) is 73.5 cm³/mol. The predicted octanol–water partition coefficient (Wildman–Crippen LogP) is 0.990. The van der Waals surface area contributed by atoms with Crippen LogP contribution in [0.15, 0.2) is 18.3 Å². The number of nitrogens with zero attached hydrogens (tertiary/aromatic N) is 2. The van der Waals surface area contributed by atoms with E-state index < -0.39 is 5.91 Å². The van der Waals surface area contributed by atoms with Gasteiger partial charge >= 0.3 is 0 Å². The van der Waals surface area contributed by atoms with E-state index in [1.807, 2.05) is 11.9 Å². The van der Waals surface area contributed by atoms with Crippen LogP contribution in [0.5, 0.6) is 0 Å². The van der Waals surface area contributed by atoms with Gasteiger partial charge in [-0.2, -0.15) is 0 Å². The Morgan fingerprint density at radius 2 is 2.17 bits per heavy atom. The lowest BCUT2D eigenvalue weighted by molar-refractivity contribution is 0.100. The Morgan fingerprint density at radius 1 is 1.50 bits per heavy atom. The number of pyridine rings is 1. The van der Waals surface area contributed by atoms with Gasteiger partial charge in [0.05, 0.1) is 5.56 Å². The quantitative estimate of drug-likeness (QED) is 0.788. The van der Waals surface area contributed by atoms with Crippen molar-refractivity contribution in [3.8, 4) is 0 Å². The molecular formula is C13H22N4O. The fraction of sp³-hybridized carbons (Fsp3) is 0.538. The van der Waals surface area contributed by atoms with Gasteiger partial charge in [0.15, 0.2) is 0 Å². The van der Waals surface area contributed by atoms with Crippen molar-refractivity contribution in [1.29, 1.82) is 0 Å². The standard InChI is InChI=1S/C13H22N4O/c1-9(2)11(14)6-8-17(3)13-10(12(15)18)5-4-7-16-13/h4-5,7,9,11H,6,8,14H2,1-3H3,(H2,15,18). The van der Waals surface area contributed by atoms with Gasteiger partial charge in [0.2, 0.25) is 0 Å². The van der Waals surface area contributed by atoms with Crippen molar-refractivity contribution in [2.75, 3.05) is 18.5 Å². The summed E-state index contributed by atoms with van der Waals surface area (Å²) in [7, 11) is 1.89. The molecule has 1 aromatic rings. The fourth-order valence-electron chi connectivity index (χ4n) is 1.68. The topological polar surface area (TPSA) is 85.2 Å². The first kappa shape index (κ1) is 14.4. The Labute approximate surface area is 108 Å². The molecule has 1 unspecified atom stereocenters. The molecule has 0 aromatic carbocycles. The highest BCUT2D eigenvalue weighted by Gasteiger charge is 2.14. The minimum Gasteiger partial charge on any atom is -0.365 e. The molecule has 1 rings (SSSR count). The molecule has 0 radical (unpaired) electrons. The Hall–Kier alpha value is -1.62. The summed E-state index contributed by atoms with van der Waals surface area (Å²) in [6.07, 6.45) is 2.50. The Balaban J connectivity index is 2.72. The van der Waals surface area contributed by atoms with Crippen LogP contribution in [-0.2, 0) is 0 Å². The number of rotatable bonds is 6. The Morgan fingerprint density at radius 3 is 2.72 bits per heavy atom. The van der Waals surface area contributed by atoms with Crippen LogP contribution in [0, 0.1) is 5.92 Å². The van der Waals surface area contributed by atoms with Gasteiger partial charge in [-0.3, -0.25) is 4.79 Å². The first-order valence-corrected chi connectivity index (χ1v) is 6.15. The molecule has 1 aromatic heterocycles. The van der Waals surface area contributed by atoms with E-state index >= 15 is 0 Å². The van der Waals surface area contributed by atoms with Crippen LogP contribution in [0.1, 0.15) is 30.6 Å². The highest BCUT2D eigenvalue weighted by atomic mass is 16.1. The van der Waals surface area contributed by atoms with Crippen molar-refractivity contribution in [3.63, 3.8) is 0 Å². The Bertz CT molecular complexity index is 406. The number of anilines is 1. The van der Waals surface area contributed by atoms with Crippen molar-refractivity contribution in [2.24, 2.45) is 17.4 Å². The van der Waals surface area contributed by atoms with Crippen molar-refractivity contribution >= 4 is 11.7 Å². The molecule has 0 bridgehead atoms. The van der Waals surface area contributed by atoms with Crippen LogP contribution < -0.4 is 16.4 Å². The van der Waals surface area contributed by atoms with Crippen molar-refractivity contribution in [3.05, 3.63) is 23.9 Å². The molecule has 18 heavy (non-hydrogen) atoms. The maximum absolute atomic E-state index is 11.3. The SMILES string of the molecule is CC(C)C(N)CCN(C)c1ncccc1C(N)=O. The second kappa shape index (κ2) is 6.35. The second-order valence-electron chi connectivity index (χ2n) is 4.86. The van der Waals surface area contributed by atoms with Crippen molar-refractivity contribution < 1.29 is 4.79 Å². The third-order valence-corrected chi connectivity index (χ3v) is 3.07. The molecule has 0 aliphatic rings. The molecule has 1 heterocycles. The maximum atomic E-state index is 11.3. The van der Waals surface area contributed by atoms with Gasteiger partial charge in [0.25, 0.3) is 5.91 Å². The first-order chi connectivity index (χ1) is 8.43. The lowest BCUT2D eigenvalue weighted by Gasteiger charge is -2.23. The van der Waals surface area contributed by atoms with Gasteiger partial charge < -0.3 is 16.4 Å². The Kier molecular flexibility index (Phi) is 5.09. The number of amides is 1. The largest absolute Gasteiger partial charge is 0.365 e. The number of primary amides is 1. The smallest absolute Gasteiger partial charge is 0.252 e. The molecule has 100 valence electrons. The van der Waals surface area contributed by atoms with E-state index in [2.05, 4.69) is 18.8 Å².